The van der Waals surface area contributed by atoms with Crippen molar-refractivity contribution >= 4 is 15.9 Å². The van der Waals surface area contributed by atoms with Crippen LogP contribution in [-0.2, 0) is 6.42 Å². The maximum Gasteiger partial charge on any atom is 0.143 e. The molecule has 4 heteroatoms. The van der Waals surface area contributed by atoms with E-state index in [1.54, 1.807) is 0 Å². The number of halogens is 3. The zero-order chi connectivity index (χ0) is 13.1. The standard InChI is InChI=1S/C14H18BrF2N/c1-9(8-18-10-3-4-10)2-5-11-13(16)7-6-12(15)14(11)17/h6-7,9-10,18H,2-5,8H2,1H3. The van der Waals surface area contributed by atoms with Crippen molar-refractivity contribution in [3.05, 3.63) is 33.8 Å². The molecule has 1 unspecified atom stereocenters. The Hall–Kier alpha value is -0.480. The second-order valence-electron chi connectivity index (χ2n) is 5.15. The molecule has 1 N–H and O–H groups in total. The van der Waals surface area contributed by atoms with Crippen molar-refractivity contribution in [2.24, 2.45) is 5.92 Å². The molecule has 0 heterocycles. The minimum Gasteiger partial charge on any atom is -0.314 e. The van der Waals surface area contributed by atoms with Crippen LogP contribution in [0.3, 0.4) is 0 Å². The van der Waals surface area contributed by atoms with Crippen LogP contribution in [0.4, 0.5) is 8.78 Å². The highest BCUT2D eigenvalue weighted by Crippen LogP contribution is 2.24. The van der Waals surface area contributed by atoms with Gasteiger partial charge in [0.1, 0.15) is 11.6 Å². The largest absolute Gasteiger partial charge is 0.314 e. The Balaban J connectivity index is 1.86. The molecule has 1 aliphatic rings. The average Bonchev–Trinajstić information content (AvgIpc) is 3.15. The minimum atomic E-state index is -0.461. The minimum absolute atomic E-state index is 0.197. The fraction of sp³-hybridized carbons (Fsp3) is 0.571. The number of hydrogen-bond acceptors (Lipinski definition) is 1. The van der Waals surface area contributed by atoms with E-state index >= 15 is 0 Å². The van der Waals surface area contributed by atoms with Crippen LogP contribution < -0.4 is 5.32 Å². The van der Waals surface area contributed by atoms with Crippen molar-refractivity contribution in [1.82, 2.24) is 5.32 Å². The smallest absolute Gasteiger partial charge is 0.143 e. The van der Waals surface area contributed by atoms with Crippen LogP contribution in [0, 0.1) is 17.6 Å². The molecular formula is C14H18BrF2N. The summed E-state index contributed by atoms with van der Waals surface area (Å²) in [4.78, 5) is 0. The van der Waals surface area contributed by atoms with Gasteiger partial charge >= 0.3 is 0 Å². The van der Waals surface area contributed by atoms with Crippen LogP contribution in [0.15, 0.2) is 16.6 Å². The third-order valence-corrected chi connectivity index (χ3v) is 3.97. The van der Waals surface area contributed by atoms with Gasteiger partial charge in [-0.25, -0.2) is 8.78 Å². The summed E-state index contributed by atoms with van der Waals surface area (Å²) in [7, 11) is 0. The average molecular weight is 318 g/mol. The highest BCUT2D eigenvalue weighted by Gasteiger charge is 2.21. The molecule has 0 saturated heterocycles. The lowest BCUT2D eigenvalue weighted by Gasteiger charge is -2.13. The van der Waals surface area contributed by atoms with Gasteiger partial charge in [0, 0.05) is 11.6 Å². The maximum absolute atomic E-state index is 13.7. The van der Waals surface area contributed by atoms with E-state index in [0.717, 1.165) is 13.0 Å². The van der Waals surface area contributed by atoms with Gasteiger partial charge in [-0.1, -0.05) is 6.92 Å². The predicted molar refractivity (Wildman–Crippen MR) is 72.6 cm³/mol. The first-order valence-corrected chi connectivity index (χ1v) is 7.23. The van der Waals surface area contributed by atoms with Crippen LogP contribution in [-0.4, -0.2) is 12.6 Å². The Morgan fingerprint density at radius 2 is 2.11 bits per heavy atom. The molecule has 18 heavy (non-hydrogen) atoms. The molecule has 1 atom stereocenters. The molecule has 100 valence electrons. The summed E-state index contributed by atoms with van der Waals surface area (Å²) in [6, 6.07) is 3.41. The first-order chi connectivity index (χ1) is 8.58. The number of nitrogens with one attached hydrogen (secondary N) is 1. The molecular weight excluding hydrogens is 300 g/mol. The Bertz CT molecular complexity index is 419. The highest BCUT2D eigenvalue weighted by molar-refractivity contribution is 9.10. The van der Waals surface area contributed by atoms with Crippen LogP contribution in [0.5, 0.6) is 0 Å². The Labute approximate surface area is 115 Å². The van der Waals surface area contributed by atoms with Crippen molar-refractivity contribution in [1.29, 1.82) is 0 Å². The summed E-state index contributed by atoms with van der Waals surface area (Å²) in [5.41, 5.74) is 0.197. The third-order valence-electron chi connectivity index (χ3n) is 3.36. The second kappa shape index (κ2) is 6.11. The Morgan fingerprint density at radius 1 is 1.39 bits per heavy atom. The molecule has 1 aromatic rings. The summed E-state index contributed by atoms with van der Waals surface area (Å²) < 4.78 is 27.6. The van der Waals surface area contributed by atoms with Gasteiger partial charge < -0.3 is 5.32 Å². The van der Waals surface area contributed by atoms with Gasteiger partial charge in [-0.2, -0.15) is 0 Å². The number of rotatable bonds is 6. The fourth-order valence-corrected chi connectivity index (χ4v) is 2.32. The molecule has 0 spiro atoms. The highest BCUT2D eigenvalue weighted by atomic mass is 79.9. The molecule has 1 aliphatic carbocycles. The van der Waals surface area contributed by atoms with Crippen LogP contribution in [0.2, 0.25) is 0 Å². The van der Waals surface area contributed by atoms with Gasteiger partial charge in [-0.3, -0.25) is 0 Å². The monoisotopic (exact) mass is 317 g/mol. The van der Waals surface area contributed by atoms with E-state index in [-0.39, 0.29) is 5.56 Å². The van der Waals surface area contributed by atoms with E-state index in [2.05, 4.69) is 28.2 Å². The zero-order valence-electron chi connectivity index (χ0n) is 10.5. The van der Waals surface area contributed by atoms with Crippen molar-refractivity contribution in [2.45, 2.75) is 38.6 Å². The van der Waals surface area contributed by atoms with Crippen LogP contribution >= 0.6 is 15.9 Å². The van der Waals surface area contributed by atoms with E-state index in [1.807, 2.05) is 0 Å². The molecule has 1 saturated carbocycles. The molecule has 1 nitrogen and oxygen atoms in total. The SMILES string of the molecule is CC(CCc1c(F)ccc(Br)c1F)CNC1CC1. The topological polar surface area (TPSA) is 12.0 Å². The summed E-state index contributed by atoms with van der Waals surface area (Å²) in [6.07, 6.45) is 3.78. The molecule has 0 amide bonds. The summed E-state index contributed by atoms with van der Waals surface area (Å²) in [5.74, 6) is -0.473. The van der Waals surface area contributed by atoms with E-state index in [9.17, 15) is 8.78 Å². The number of hydrogen-bond donors (Lipinski definition) is 1. The number of benzene rings is 1. The summed E-state index contributed by atoms with van der Waals surface area (Å²) >= 11 is 3.09. The van der Waals surface area contributed by atoms with Crippen molar-refractivity contribution < 1.29 is 8.78 Å². The Kier molecular flexibility index (Phi) is 4.73. The van der Waals surface area contributed by atoms with Gasteiger partial charge in [-0.05, 0) is 66.2 Å². The molecule has 0 aliphatic heterocycles. The lowest BCUT2D eigenvalue weighted by atomic mass is 10.0. The van der Waals surface area contributed by atoms with Crippen molar-refractivity contribution in [2.75, 3.05) is 6.54 Å². The second-order valence-corrected chi connectivity index (χ2v) is 6.00. The normalized spacial score (nSPS) is 16.9. The van der Waals surface area contributed by atoms with Gasteiger partial charge in [0.25, 0.3) is 0 Å². The molecule has 0 aromatic heterocycles. The molecule has 2 rings (SSSR count). The van der Waals surface area contributed by atoms with Gasteiger partial charge in [-0.15, -0.1) is 0 Å². The van der Waals surface area contributed by atoms with Gasteiger partial charge in [0.15, 0.2) is 0 Å². The van der Waals surface area contributed by atoms with Crippen LogP contribution in [0.25, 0.3) is 0 Å². The molecule has 0 radical (unpaired) electrons. The maximum atomic E-state index is 13.7. The van der Waals surface area contributed by atoms with Crippen molar-refractivity contribution in [3.8, 4) is 0 Å². The lowest BCUT2D eigenvalue weighted by molar-refractivity contribution is 0.464. The van der Waals surface area contributed by atoms with E-state index < -0.39 is 11.6 Å². The molecule has 0 bridgehead atoms. The first-order valence-electron chi connectivity index (χ1n) is 6.43. The fourth-order valence-electron chi connectivity index (χ4n) is 1.95. The van der Waals surface area contributed by atoms with Crippen molar-refractivity contribution in [3.63, 3.8) is 0 Å². The quantitative estimate of drug-likeness (QED) is 0.780. The molecule has 1 fully saturated rings. The third kappa shape index (κ3) is 3.75. The predicted octanol–water partition coefficient (Wildman–Crippen LogP) is 4.05. The lowest BCUT2D eigenvalue weighted by Crippen LogP contribution is -2.23. The summed E-state index contributed by atoms with van der Waals surface area (Å²) in [6.45, 7) is 3.05. The van der Waals surface area contributed by atoms with Crippen LogP contribution in [0.1, 0.15) is 31.7 Å². The molecule has 1 aromatic carbocycles. The first kappa shape index (κ1) is 13.9. The van der Waals surface area contributed by atoms with Gasteiger partial charge in [0.2, 0.25) is 0 Å². The Morgan fingerprint density at radius 3 is 2.78 bits per heavy atom. The van der Waals surface area contributed by atoms with E-state index in [4.69, 9.17) is 0 Å². The zero-order valence-corrected chi connectivity index (χ0v) is 12.1. The van der Waals surface area contributed by atoms with E-state index in [0.29, 0.717) is 22.9 Å². The van der Waals surface area contributed by atoms with E-state index in [1.165, 1.54) is 25.0 Å². The summed E-state index contributed by atoms with van der Waals surface area (Å²) in [5, 5.41) is 3.44. The van der Waals surface area contributed by atoms with Gasteiger partial charge in [0.05, 0.1) is 4.47 Å².